The lowest BCUT2D eigenvalue weighted by Crippen LogP contribution is -2.48. The molecule has 42 heavy (non-hydrogen) atoms. The number of nitrogens with one attached hydrogen (secondary N) is 2. The minimum atomic E-state index is -0.852. The van der Waals surface area contributed by atoms with E-state index < -0.39 is 11.6 Å². The van der Waals surface area contributed by atoms with Gasteiger partial charge in [0, 0.05) is 77.6 Å². The molecule has 0 aliphatic carbocycles. The first-order valence-corrected chi connectivity index (χ1v) is 13.6. The second kappa shape index (κ2) is 13.0. The number of benzene rings is 1. The lowest BCUT2D eigenvalue weighted by Gasteiger charge is -2.37. The topological polar surface area (TPSA) is 142 Å². The number of carbonyl (C=O) groups is 1. The van der Waals surface area contributed by atoms with Gasteiger partial charge < -0.3 is 35.3 Å². The zero-order chi connectivity index (χ0) is 29.6. The number of nitrogens with zero attached hydrogens (tertiary/aromatic N) is 7. The Bertz CT molecular complexity index is 1510. The third kappa shape index (κ3) is 6.69. The maximum absolute atomic E-state index is 14.7. The number of furan rings is 1. The first-order chi connectivity index (χ1) is 20.3. The number of aromatic nitrogens is 4. The molecule has 0 radical (unpaired) electrons. The van der Waals surface area contributed by atoms with E-state index in [9.17, 15) is 13.6 Å². The Kier molecular flexibility index (Phi) is 8.97. The molecule has 1 aromatic carbocycles. The van der Waals surface area contributed by atoms with Crippen molar-refractivity contribution >= 4 is 29.1 Å². The highest BCUT2D eigenvalue weighted by Gasteiger charge is 2.23. The van der Waals surface area contributed by atoms with Gasteiger partial charge in [-0.25, -0.2) is 8.78 Å². The Labute approximate surface area is 241 Å². The van der Waals surface area contributed by atoms with Gasteiger partial charge in [-0.05, 0) is 19.2 Å². The molecule has 4 aromatic rings. The summed E-state index contributed by atoms with van der Waals surface area (Å²) >= 11 is 0. The molecule has 3 aromatic heterocycles. The van der Waals surface area contributed by atoms with E-state index in [2.05, 4.69) is 30.6 Å². The average molecular weight is 585 g/mol. The maximum atomic E-state index is 14.7. The fourth-order valence-corrected chi connectivity index (χ4v) is 4.61. The van der Waals surface area contributed by atoms with Gasteiger partial charge in [0.1, 0.15) is 11.5 Å². The number of halogens is 2. The maximum Gasteiger partial charge on any atom is 0.257 e. The summed E-state index contributed by atoms with van der Waals surface area (Å²) in [6.45, 7) is 4.44. The molecule has 15 heteroatoms. The molecular formula is C27H34F2N10O3. The summed E-state index contributed by atoms with van der Waals surface area (Å²) in [6.07, 6.45) is 1.58. The molecule has 4 N–H and O–H groups in total. The van der Waals surface area contributed by atoms with Crippen LogP contribution < -0.4 is 30.9 Å². The molecule has 1 aliphatic heterocycles. The lowest BCUT2D eigenvalue weighted by atomic mass is 10.2. The van der Waals surface area contributed by atoms with Crippen LogP contribution in [0.3, 0.4) is 0 Å². The first-order valence-electron chi connectivity index (χ1n) is 13.6. The Balaban J connectivity index is 1.14. The number of fused-ring (bicyclic) bond motifs is 1. The van der Waals surface area contributed by atoms with Gasteiger partial charge in [0.25, 0.3) is 5.91 Å². The van der Waals surface area contributed by atoms with Gasteiger partial charge in [0.15, 0.2) is 29.6 Å². The summed E-state index contributed by atoms with van der Waals surface area (Å²) < 4.78 is 41.3. The van der Waals surface area contributed by atoms with Gasteiger partial charge in [-0.3, -0.25) is 9.69 Å². The number of rotatable bonds is 12. The van der Waals surface area contributed by atoms with E-state index in [4.69, 9.17) is 14.9 Å². The molecule has 13 nitrogen and oxygen atoms in total. The normalized spacial score (nSPS) is 14.0. The number of hydrogen-bond acceptors (Lipinski definition) is 11. The Hall–Kier alpha value is -4.50. The van der Waals surface area contributed by atoms with Crippen LogP contribution in [-0.2, 0) is 4.79 Å². The standard InChI is InChI=1S/C27H34F2N10O3/c1-31-5-6-32-25(40)17-42-23-16-21(18(28)14-19(23)29)38-11-9-37(10-12-38)8-7-36(2)27-33-24-15-20(22-4-3-13-41-22)35-39(24)26(30)34-27/h3-4,13-16,31H,5-12,17H2,1-2H3,(H,32,40)(H2,30,33,34). The number of hydrogen-bond donors (Lipinski definition) is 3. The van der Waals surface area contributed by atoms with Crippen LogP contribution in [-0.4, -0.2) is 103 Å². The molecule has 1 aliphatic rings. The van der Waals surface area contributed by atoms with E-state index in [1.54, 1.807) is 25.4 Å². The monoisotopic (exact) mass is 584 g/mol. The van der Waals surface area contributed by atoms with Gasteiger partial charge in [-0.1, -0.05) is 0 Å². The van der Waals surface area contributed by atoms with E-state index in [-0.39, 0.29) is 29.9 Å². The number of nitrogens with two attached hydrogens (primary N) is 1. The summed E-state index contributed by atoms with van der Waals surface area (Å²) in [5.74, 6) is -0.771. The fraction of sp³-hybridized carbons (Fsp3) is 0.407. The highest BCUT2D eigenvalue weighted by atomic mass is 19.1. The number of likely N-dealkylation sites (N-methyl/N-ethyl adjacent to an activating group) is 2. The van der Waals surface area contributed by atoms with Crippen LogP contribution in [0.1, 0.15) is 0 Å². The van der Waals surface area contributed by atoms with Gasteiger partial charge >= 0.3 is 0 Å². The highest BCUT2D eigenvalue weighted by Crippen LogP contribution is 2.29. The van der Waals surface area contributed by atoms with Crippen molar-refractivity contribution < 1.29 is 22.7 Å². The summed E-state index contributed by atoms with van der Waals surface area (Å²) in [7, 11) is 3.66. The van der Waals surface area contributed by atoms with Crippen molar-refractivity contribution in [3.05, 3.63) is 48.2 Å². The molecule has 4 heterocycles. The average Bonchev–Trinajstić information content (AvgIpc) is 3.67. The Morgan fingerprint density at radius 2 is 1.95 bits per heavy atom. The Morgan fingerprint density at radius 1 is 1.14 bits per heavy atom. The highest BCUT2D eigenvalue weighted by molar-refractivity contribution is 5.77. The van der Waals surface area contributed by atoms with Crippen molar-refractivity contribution in [2.45, 2.75) is 0 Å². The van der Waals surface area contributed by atoms with Crippen LogP contribution >= 0.6 is 0 Å². The van der Waals surface area contributed by atoms with Crippen LogP contribution in [0, 0.1) is 11.6 Å². The number of piperazine rings is 1. The molecule has 1 saturated heterocycles. The molecule has 0 saturated carbocycles. The third-order valence-corrected chi connectivity index (χ3v) is 6.97. The van der Waals surface area contributed by atoms with Crippen molar-refractivity contribution in [3.8, 4) is 17.2 Å². The summed E-state index contributed by atoms with van der Waals surface area (Å²) in [6, 6.07) is 7.50. The van der Waals surface area contributed by atoms with Crippen LogP contribution in [0.2, 0.25) is 0 Å². The molecule has 224 valence electrons. The smallest absolute Gasteiger partial charge is 0.257 e. The van der Waals surface area contributed by atoms with E-state index >= 15 is 0 Å². The zero-order valence-corrected chi connectivity index (χ0v) is 23.5. The van der Waals surface area contributed by atoms with Crippen molar-refractivity contribution in [1.82, 2.24) is 35.1 Å². The second-order valence-corrected chi connectivity index (χ2v) is 9.89. The number of carbonyl (C=O) groups excluding carboxylic acids is 1. The minimum absolute atomic E-state index is 0.162. The molecule has 0 spiro atoms. The predicted octanol–water partition coefficient (Wildman–Crippen LogP) is 1.22. The summed E-state index contributed by atoms with van der Waals surface area (Å²) in [4.78, 5) is 26.9. The van der Waals surface area contributed by atoms with Gasteiger partial charge in [-0.2, -0.15) is 19.6 Å². The Morgan fingerprint density at radius 3 is 2.69 bits per heavy atom. The minimum Gasteiger partial charge on any atom is -0.481 e. The van der Waals surface area contributed by atoms with Gasteiger partial charge in [0.05, 0.1) is 12.0 Å². The first kappa shape index (κ1) is 29.0. The van der Waals surface area contributed by atoms with Crippen LogP contribution in [0.25, 0.3) is 17.1 Å². The molecule has 0 bridgehead atoms. The molecule has 0 unspecified atom stereocenters. The van der Waals surface area contributed by atoms with Crippen molar-refractivity contribution in [3.63, 3.8) is 0 Å². The molecule has 1 fully saturated rings. The largest absolute Gasteiger partial charge is 0.481 e. The molecule has 5 rings (SSSR count). The van der Waals surface area contributed by atoms with Crippen molar-refractivity contribution in [2.75, 3.05) is 88.6 Å². The van der Waals surface area contributed by atoms with Gasteiger partial charge in [-0.15, -0.1) is 0 Å². The predicted molar refractivity (Wildman–Crippen MR) is 154 cm³/mol. The molecular weight excluding hydrogens is 550 g/mol. The number of nitrogen functional groups attached to an aromatic ring is 1. The van der Waals surface area contributed by atoms with Crippen LogP contribution in [0.5, 0.6) is 5.75 Å². The number of amides is 1. The van der Waals surface area contributed by atoms with Crippen LogP contribution in [0.15, 0.2) is 41.0 Å². The van der Waals surface area contributed by atoms with E-state index in [1.165, 1.54) is 10.6 Å². The molecule has 0 atom stereocenters. The van der Waals surface area contributed by atoms with E-state index in [0.717, 1.165) is 12.6 Å². The third-order valence-electron chi connectivity index (χ3n) is 6.97. The van der Waals surface area contributed by atoms with E-state index in [1.807, 2.05) is 22.9 Å². The van der Waals surface area contributed by atoms with Crippen molar-refractivity contribution in [2.24, 2.45) is 0 Å². The summed E-state index contributed by atoms with van der Waals surface area (Å²) in [5, 5.41) is 9.98. The fourth-order valence-electron chi connectivity index (χ4n) is 4.61. The quantitative estimate of drug-likeness (QED) is 0.207. The van der Waals surface area contributed by atoms with Gasteiger partial charge in [0.2, 0.25) is 11.9 Å². The second-order valence-electron chi connectivity index (χ2n) is 9.89. The number of ether oxygens (including phenoxy) is 1. The van der Waals surface area contributed by atoms with E-state index in [0.29, 0.717) is 68.9 Å². The number of anilines is 3. The summed E-state index contributed by atoms with van der Waals surface area (Å²) in [5.41, 5.74) is 7.56. The molecule has 1 amide bonds. The van der Waals surface area contributed by atoms with Crippen LogP contribution in [0.4, 0.5) is 26.4 Å². The SMILES string of the molecule is CNCCNC(=O)COc1cc(N2CCN(CCN(C)c3nc(N)n4nc(-c5ccco5)cc4n3)CC2)c(F)cc1F. The van der Waals surface area contributed by atoms with Crippen molar-refractivity contribution in [1.29, 1.82) is 0 Å². The zero-order valence-electron chi connectivity index (χ0n) is 23.5. The lowest BCUT2D eigenvalue weighted by molar-refractivity contribution is -0.123.